The van der Waals surface area contributed by atoms with Gasteiger partial charge in [-0.1, -0.05) is 117 Å². The van der Waals surface area contributed by atoms with Crippen LogP contribution in [0.1, 0.15) is 116 Å². The molecular formula is C37H48N4. The molecule has 2 aromatic rings. The lowest BCUT2D eigenvalue weighted by molar-refractivity contribution is 0.459. The lowest BCUT2D eigenvalue weighted by atomic mass is 9.76. The summed E-state index contributed by atoms with van der Waals surface area (Å²) in [6.07, 6.45) is 7.82. The molecule has 2 aliphatic carbocycles. The summed E-state index contributed by atoms with van der Waals surface area (Å²) in [4.78, 5) is 7.80. The van der Waals surface area contributed by atoms with Crippen molar-refractivity contribution >= 4 is 17.4 Å². The number of aliphatic imine (C=N–C) groups is 1. The maximum absolute atomic E-state index is 9.80. The third-order valence-electron chi connectivity index (χ3n) is 9.27. The average molecular weight is 549 g/mol. The Balaban J connectivity index is 0.000000929. The topological polar surface area (TPSA) is 63.2 Å². The van der Waals surface area contributed by atoms with E-state index in [0.29, 0.717) is 17.7 Å². The zero-order valence-electron chi connectivity index (χ0n) is 26.6. The van der Waals surface area contributed by atoms with Crippen molar-refractivity contribution in [1.82, 2.24) is 0 Å². The number of rotatable bonds is 3. The lowest BCUT2D eigenvalue weighted by Gasteiger charge is -2.38. The first kappa shape index (κ1) is 30.5. The van der Waals surface area contributed by atoms with Crippen molar-refractivity contribution < 1.29 is 0 Å². The van der Waals surface area contributed by atoms with Crippen LogP contribution in [0.15, 0.2) is 70.8 Å². The van der Waals surface area contributed by atoms with E-state index in [2.05, 4.69) is 94.1 Å². The minimum Gasteiger partial charge on any atom is -0.283 e. The van der Waals surface area contributed by atoms with Gasteiger partial charge in [0.15, 0.2) is 0 Å². The van der Waals surface area contributed by atoms with E-state index in [0.717, 1.165) is 48.3 Å². The molecule has 2 aromatic carbocycles. The van der Waals surface area contributed by atoms with E-state index in [1.807, 2.05) is 33.8 Å². The third-order valence-corrected chi connectivity index (χ3v) is 9.27. The molecule has 216 valence electrons. The molecule has 2 heterocycles. The second-order valence-corrected chi connectivity index (χ2v) is 12.1. The molecule has 4 aliphatic rings. The molecule has 2 aliphatic heterocycles. The summed E-state index contributed by atoms with van der Waals surface area (Å²) in [7, 11) is 0. The van der Waals surface area contributed by atoms with Gasteiger partial charge >= 0.3 is 0 Å². The number of amidine groups is 2. The van der Waals surface area contributed by atoms with Gasteiger partial charge in [-0.15, -0.1) is 0 Å². The van der Waals surface area contributed by atoms with Crippen molar-refractivity contribution in [2.45, 2.75) is 105 Å². The number of nitrogens with one attached hydrogen (secondary N) is 1. The van der Waals surface area contributed by atoms with Crippen LogP contribution in [0.4, 0.5) is 5.69 Å². The lowest BCUT2D eigenvalue weighted by Crippen LogP contribution is -2.43. The van der Waals surface area contributed by atoms with Crippen LogP contribution in [0.5, 0.6) is 0 Å². The fourth-order valence-corrected chi connectivity index (χ4v) is 7.00. The number of allylic oxidation sites excluding steroid dienone is 1. The van der Waals surface area contributed by atoms with E-state index in [-0.39, 0.29) is 16.9 Å². The maximum atomic E-state index is 9.80. The third kappa shape index (κ3) is 4.88. The highest BCUT2D eigenvalue weighted by Crippen LogP contribution is 2.69. The van der Waals surface area contributed by atoms with E-state index in [9.17, 15) is 10.7 Å². The Labute approximate surface area is 248 Å². The first-order valence-corrected chi connectivity index (χ1v) is 15.7. The summed E-state index contributed by atoms with van der Waals surface area (Å²) in [5.41, 5.74) is 8.10. The molecule has 4 heteroatoms. The Morgan fingerprint density at radius 2 is 1.61 bits per heavy atom. The van der Waals surface area contributed by atoms with E-state index in [1.165, 1.54) is 22.3 Å². The van der Waals surface area contributed by atoms with E-state index in [4.69, 9.17) is 4.99 Å². The van der Waals surface area contributed by atoms with E-state index >= 15 is 0 Å². The second-order valence-electron chi connectivity index (χ2n) is 12.1. The smallest absolute Gasteiger partial charge is 0.141 e. The molecule has 1 fully saturated rings. The van der Waals surface area contributed by atoms with Crippen LogP contribution >= 0.6 is 0 Å². The van der Waals surface area contributed by atoms with Crippen molar-refractivity contribution in [2.75, 3.05) is 4.90 Å². The van der Waals surface area contributed by atoms with E-state index < -0.39 is 0 Å². The van der Waals surface area contributed by atoms with Gasteiger partial charge in [-0.25, -0.2) is 0 Å². The summed E-state index contributed by atoms with van der Waals surface area (Å²) in [6.45, 7) is 19.3. The summed E-state index contributed by atoms with van der Waals surface area (Å²) >= 11 is 0. The summed E-state index contributed by atoms with van der Waals surface area (Å²) in [6, 6.07) is 17.5. The fraction of sp³-hybridized carbons (Fsp3) is 0.486. The molecule has 1 spiro atoms. The van der Waals surface area contributed by atoms with Gasteiger partial charge in [0.25, 0.3) is 0 Å². The Hall–Kier alpha value is -3.45. The Bertz CT molecular complexity index is 1420. The molecule has 0 saturated heterocycles. The molecule has 0 radical (unpaired) electrons. The number of dihydropyridines is 1. The summed E-state index contributed by atoms with van der Waals surface area (Å²) in [5.74, 6) is 1.89. The summed E-state index contributed by atoms with van der Waals surface area (Å²) in [5, 5.41) is 19.6. The molecule has 3 atom stereocenters. The Morgan fingerprint density at radius 3 is 2.22 bits per heavy atom. The van der Waals surface area contributed by atoms with Crippen molar-refractivity contribution in [2.24, 2.45) is 16.3 Å². The standard InChI is InChI=1S/C33H36N4.2C2H6/c1-20(2)24-11-8-12-25(21(3)4)29(24)37-30(35)26-10-7-6-9-23(26)15-16-33-19-32(33,5)28-17-22(18-34)13-14-27(28)31(37)36-33;2*1-2/h6-14,20-22,35H,15-17,19H2,1-5H3;2*1-2H3/t22?,32?,33-;;/m0../s1. The predicted molar refractivity (Wildman–Crippen MR) is 174 cm³/mol. The SMILES string of the molecule is CC.CC.CC(C)c1cccc(C(C)C)c1N1C(=N)c2ccccc2CC[C@]23CC2(C)C2=C(C=CC(C#N)C2)C1=N3. The quantitative estimate of drug-likeness (QED) is 0.415. The van der Waals surface area contributed by atoms with Crippen molar-refractivity contribution in [3.63, 3.8) is 0 Å². The number of nitriles is 1. The van der Waals surface area contributed by atoms with Crippen LogP contribution < -0.4 is 4.90 Å². The molecule has 1 N–H and O–H groups in total. The first-order valence-electron chi connectivity index (χ1n) is 15.7. The predicted octanol–water partition coefficient (Wildman–Crippen LogP) is 9.72. The van der Waals surface area contributed by atoms with E-state index in [1.54, 1.807) is 0 Å². The molecule has 1 saturated carbocycles. The van der Waals surface area contributed by atoms with Gasteiger partial charge in [-0.05, 0) is 59.8 Å². The summed E-state index contributed by atoms with van der Waals surface area (Å²) < 4.78 is 0. The minimum atomic E-state index is -0.174. The van der Waals surface area contributed by atoms with Crippen molar-refractivity contribution in [3.8, 4) is 6.07 Å². The van der Waals surface area contributed by atoms with Crippen LogP contribution in [0.25, 0.3) is 0 Å². The molecule has 0 amide bonds. The molecular weight excluding hydrogens is 500 g/mol. The van der Waals surface area contributed by atoms with Crippen molar-refractivity contribution in [3.05, 3.63) is 88.0 Å². The number of fused-ring (bicyclic) bond motifs is 3. The van der Waals surface area contributed by atoms with Crippen molar-refractivity contribution in [1.29, 1.82) is 10.7 Å². The van der Waals surface area contributed by atoms with Crippen LogP contribution in [-0.2, 0) is 6.42 Å². The number of hydrogen-bond acceptors (Lipinski definition) is 3. The number of aryl methyl sites for hydroxylation is 1. The van der Waals surface area contributed by atoms with Gasteiger partial charge in [0.2, 0.25) is 0 Å². The van der Waals surface area contributed by atoms with Gasteiger partial charge in [0.05, 0.1) is 23.2 Å². The molecule has 4 nitrogen and oxygen atoms in total. The highest BCUT2D eigenvalue weighted by atomic mass is 15.3. The zero-order valence-corrected chi connectivity index (χ0v) is 26.6. The van der Waals surface area contributed by atoms with Gasteiger partial charge in [0, 0.05) is 16.6 Å². The second kappa shape index (κ2) is 11.8. The number of anilines is 1. The molecule has 41 heavy (non-hydrogen) atoms. The first-order chi connectivity index (χ1) is 19.7. The van der Waals surface area contributed by atoms with Gasteiger partial charge in [-0.3, -0.25) is 15.3 Å². The van der Waals surface area contributed by atoms with Gasteiger partial charge in [0.1, 0.15) is 11.7 Å². The maximum Gasteiger partial charge on any atom is 0.141 e. The zero-order chi connectivity index (χ0) is 30.1. The number of nitrogens with zero attached hydrogens (tertiary/aromatic N) is 3. The molecule has 2 unspecified atom stereocenters. The number of para-hydroxylation sites is 1. The van der Waals surface area contributed by atoms with Crippen LogP contribution in [-0.4, -0.2) is 17.2 Å². The van der Waals surface area contributed by atoms with Crippen LogP contribution in [0, 0.1) is 28.1 Å². The van der Waals surface area contributed by atoms with Crippen LogP contribution in [0.3, 0.4) is 0 Å². The molecule has 6 rings (SSSR count). The Morgan fingerprint density at radius 1 is 0.976 bits per heavy atom. The van der Waals surface area contributed by atoms with Gasteiger partial charge < -0.3 is 0 Å². The Kier molecular flexibility index (Phi) is 8.78. The number of hydrogen-bond donors (Lipinski definition) is 1. The minimum absolute atomic E-state index is 0.0166. The fourth-order valence-electron chi connectivity index (χ4n) is 7.00. The number of benzene rings is 2. The monoisotopic (exact) mass is 548 g/mol. The largest absolute Gasteiger partial charge is 0.283 e. The normalized spacial score (nSPS) is 25.6. The molecule has 2 bridgehead atoms. The van der Waals surface area contributed by atoms with Crippen LogP contribution in [0.2, 0.25) is 0 Å². The highest BCUT2D eigenvalue weighted by Gasteiger charge is 2.68. The van der Waals surface area contributed by atoms with Gasteiger partial charge in [-0.2, -0.15) is 5.26 Å². The average Bonchev–Trinajstić information content (AvgIpc) is 3.62. The molecule has 0 aromatic heterocycles. The highest BCUT2D eigenvalue weighted by molar-refractivity contribution is 6.31.